The first-order valence-corrected chi connectivity index (χ1v) is 12.3. The molecular formula is C27H35NO6. The Bertz CT molecular complexity index is 1030. The van der Waals surface area contributed by atoms with Gasteiger partial charge in [-0.05, 0) is 64.7 Å². The minimum absolute atomic E-state index is 0.0504. The van der Waals surface area contributed by atoms with Crippen molar-refractivity contribution < 1.29 is 29.3 Å². The van der Waals surface area contributed by atoms with E-state index < -0.39 is 17.5 Å². The Balaban J connectivity index is 1.50. The van der Waals surface area contributed by atoms with Gasteiger partial charge in [-0.3, -0.25) is 9.59 Å². The highest BCUT2D eigenvalue weighted by Gasteiger charge is 2.62. The maximum atomic E-state index is 12.5. The van der Waals surface area contributed by atoms with Crippen LogP contribution in [-0.4, -0.2) is 51.6 Å². The number of ether oxygens (including phenoxy) is 1. The fourth-order valence-corrected chi connectivity index (χ4v) is 6.53. The second kappa shape index (κ2) is 9.08. The van der Waals surface area contributed by atoms with E-state index in [0.29, 0.717) is 35.9 Å². The molecule has 0 aromatic carbocycles. The number of aliphatic carboxylic acids is 1. The van der Waals surface area contributed by atoms with Crippen LogP contribution in [0.3, 0.4) is 0 Å². The van der Waals surface area contributed by atoms with Gasteiger partial charge in [0.05, 0.1) is 5.57 Å². The summed E-state index contributed by atoms with van der Waals surface area (Å²) in [6.45, 7) is 8.08. The summed E-state index contributed by atoms with van der Waals surface area (Å²) in [4.78, 5) is 37.2. The average molecular weight is 470 g/mol. The zero-order chi connectivity index (χ0) is 24.8. The highest BCUT2D eigenvalue weighted by molar-refractivity contribution is 5.97. The lowest BCUT2D eigenvalue weighted by Gasteiger charge is -2.46. The van der Waals surface area contributed by atoms with Gasteiger partial charge in [-0.1, -0.05) is 36.3 Å². The molecule has 1 fully saturated rings. The van der Waals surface area contributed by atoms with Crippen LogP contribution in [-0.2, 0) is 19.1 Å². The number of aliphatic hydroxyl groups excluding tert-OH is 1. The van der Waals surface area contributed by atoms with Gasteiger partial charge in [0, 0.05) is 24.0 Å². The monoisotopic (exact) mass is 469 g/mol. The second-order valence-electron chi connectivity index (χ2n) is 10.5. The van der Waals surface area contributed by atoms with Crippen molar-refractivity contribution in [1.29, 1.82) is 0 Å². The van der Waals surface area contributed by atoms with Gasteiger partial charge in [0.1, 0.15) is 12.3 Å². The van der Waals surface area contributed by atoms with Crippen molar-refractivity contribution in [3.8, 4) is 0 Å². The Kier molecular flexibility index (Phi) is 6.49. The molecule has 0 aromatic rings. The number of carbonyl (C=O) groups is 3. The maximum Gasteiger partial charge on any atom is 0.338 e. The highest BCUT2D eigenvalue weighted by atomic mass is 16.6. The van der Waals surface area contributed by atoms with Crippen LogP contribution in [0.25, 0.3) is 0 Å². The summed E-state index contributed by atoms with van der Waals surface area (Å²) < 4.78 is 6.04. The smallest absolute Gasteiger partial charge is 0.338 e. The number of hydrogen-bond acceptors (Lipinski definition) is 5. The molecule has 2 aliphatic heterocycles. The lowest BCUT2D eigenvalue weighted by Crippen LogP contribution is -2.52. The molecule has 1 spiro atoms. The summed E-state index contributed by atoms with van der Waals surface area (Å²) in [7, 11) is 0. The van der Waals surface area contributed by atoms with E-state index in [9.17, 15) is 19.5 Å². The number of carboxylic acid groups (broad SMARTS) is 1. The summed E-state index contributed by atoms with van der Waals surface area (Å²) in [5.74, 6) is -1.11. The third kappa shape index (κ3) is 3.99. The molecule has 2 heterocycles. The molecule has 2 N–H and O–H groups in total. The Morgan fingerprint density at radius 2 is 2.03 bits per heavy atom. The number of carboxylic acids is 1. The maximum absolute atomic E-state index is 12.5. The third-order valence-corrected chi connectivity index (χ3v) is 8.22. The summed E-state index contributed by atoms with van der Waals surface area (Å²) in [5.41, 5.74) is 2.34. The Hall–Kier alpha value is -2.83. The van der Waals surface area contributed by atoms with Gasteiger partial charge in [0.25, 0.3) is 0 Å². The number of nitrogens with zero attached hydrogens (tertiary/aromatic N) is 1. The number of aliphatic hydroxyl groups is 1. The predicted molar refractivity (Wildman–Crippen MR) is 127 cm³/mol. The number of hydrogen-bond donors (Lipinski definition) is 2. The number of rotatable bonds is 7. The molecule has 5 atom stereocenters. The van der Waals surface area contributed by atoms with Crippen molar-refractivity contribution in [2.75, 3.05) is 13.1 Å². The Morgan fingerprint density at radius 1 is 1.29 bits per heavy atom. The molecule has 4 rings (SSSR count). The molecule has 7 nitrogen and oxygen atoms in total. The molecule has 184 valence electrons. The van der Waals surface area contributed by atoms with E-state index in [1.807, 2.05) is 13.0 Å². The third-order valence-electron chi connectivity index (χ3n) is 8.22. The lowest BCUT2D eigenvalue weighted by molar-refractivity contribution is -0.161. The number of carbonyl (C=O) groups excluding carboxylic acids is 2. The molecule has 2 aliphatic carbocycles. The lowest BCUT2D eigenvalue weighted by atomic mass is 9.62. The molecule has 34 heavy (non-hydrogen) atoms. The van der Waals surface area contributed by atoms with Gasteiger partial charge >= 0.3 is 11.9 Å². The van der Waals surface area contributed by atoms with Gasteiger partial charge < -0.3 is 19.8 Å². The van der Waals surface area contributed by atoms with Crippen LogP contribution in [0.15, 0.2) is 46.3 Å². The van der Waals surface area contributed by atoms with E-state index in [4.69, 9.17) is 9.84 Å². The summed E-state index contributed by atoms with van der Waals surface area (Å²) in [6, 6.07) is 0. The number of esters is 1. The molecule has 1 saturated carbocycles. The molecule has 4 aliphatic rings. The summed E-state index contributed by atoms with van der Waals surface area (Å²) >= 11 is 0. The average Bonchev–Trinajstić information content (AvgIpc) is 3.39. The normalized spacial score (nSPS) is 33.4. The van der Waals surface area contributed by atoms with E-state index in [2.05, 4.69) is 26.0 Å². The second-order valence-corrected chi connectivity index (χ2v) is 10.5. The number of allylic oxidation sites excluding steroid dienone is 2. The van der Waals surface area contributed by atoms with Crippen molar-refractivity contribution in [3.05, 3.63) is 46.3 Å². The van der Waals surface area contributed by atoms with Crippen molar-refractivity contribution in [2.24, 2.45) is 23.7 Å². The first-order chi connectivity index (χ1) is 16.1. The highest BCUT2D eigenvalue weighted by Crippen LogP contribution is 2.58. The summed E-state index contributed by atoms with van der Waals surface area (Å²) in [5, 5.41) is 20.1. The van der Waals surface area contributed by atoms with E-state index in [1.165, 1.54) is 10.5 Å². The molecule has 7 heteroatoms. The van der Waals surface area contributed by atoms with Crippen molar-refractivity contribution in [3.63, 3.8) is 0 Å². The van der Waals surface area contributed by atoms with E-state index in [0.717, 1.165) is 31.3 Å². The molecule has 0 bridgehead atoms. The van der Waals surface area contributed by atoms with Gasteiger partial charge in [0.2, 0.25) is 5.91 Å². The zero-order valence-corrected chi connectivity index (χ0v) is 20.5. The standard InChI is InChI=1S/C27H35NO6/c1-15(6-5-7-19-10-11-28(25(19)32)14-22(29)30)12-20-13-17(3)21-9-8-16(2)23(21)27(20)24(31)18(4)26(33)34-27/h10,12-13,16,20-21,23,31H,5-9,11,14H2,1-4H3,(H,29,30)/b15-12+/t16-,20+,21-,23+,27+/m0/s1. The zero-order valence-electron chi connectivity index (χ0n) is 20.5. The fraction of sp³-hybridized carbons (Fsp3) is 0.593. The van der Waals surface area contributed by atoms with Crippen LogP contribution in [0.2, 0.25) is 0 Å². The van der Waals surface area contributed by atoms with Crippen LogP contribution in [0, 0.1) is 23.7 Å². The first-order valence-electron chi connectivity index (χ1n) is 12.3. The van der Waals surface area contributed by atoms with Crippen LogP contribution < -0.4 is 0 Å². The van der Waals surface area contributed by atoms with Crippen LogP contribution in [0.4, 0.5) is 0 Å². The molecule has 0 radical (unpaired) electrons. The molecule has 0 saturated heterocycles. The van der Waals surface area contributed by atoms with Crippen LogP contribution >= 0.6 is 0 Å². The first kappa shape index (κ1) is 24.3. The Labute approximate surface area is 200 Å². The van der Waals surface area contributed by atoms with E-state index >= 15 is 0 Å². The molecule has 1 amide bonds. The number of fused-ring (bicyclic) bond motifs is 2. The topological polar surface area (TPSA) is 104 Å². The Morgan fingerprint density at radius 3 is 2.68 bits per heavy atom. The van der Waals surface area contributed by atoms with Crippen molar-refractivity contribution in [2.45, 2.75) is 65.4 Å². The van der Waals surface area contributed by atoms with Crippen molar-refractivity contribution in [1.82, 2.24) is 4.90 Å². The molecule has 0 aromatic heterocycles. The molecule has 0 unspecified atom stereocenters. The van der Waals surface area contributed by atoms with E-state index in [-0.39, 0.29) is 30.0 Å². The van der Waals surface area contributed by atoms with Crippen LogP contribution in [0.1, 0.15) is 59.8 Å². The van der Waals surface area contributed by atoms with E-state index in [1.54, 1.807) is 6.92 Å². The van der Waals surface area contributed by atoms with Crippen LogP contribution in [0.5, 0.6) is 0 Å². The largest absolute Gasteiger partial charge is 0.507 e. The minimum Gasteiger partial charge on any atom is -0.507 e. The van der Waals surface area contributed by atoms with Crippen molar-refractivity contribution >= 4 is 17.8 Å². The summed E-state index contributed by atoms with van der Waals surface area (Å²) in [6.07, 6.45) is 10.3. The number of amides is 1. The molecular weight excluding hydrogens is 434 g/mol. The van der Waals surface area contributed by atoms with Gasteiger partial charge in [-0.2, -0.15) is 0 Å². The van der Waals surface area contributed by atoms with Gasteiger partial charge in [-0.15, -0.1) is 0 Å². The minimum atomic E-state index is -1.04. The van der Waals surface area contributed by atoms with Gasteiger partial charge in [0.15, 0.2) is 5.60 Å². The van der Waals surface area contributed by atoms with Gasteiger partial charge in [-0.25, -0.2) is 4.79 Å². The quantitative estimate of drug-likeness (QED) is 0.425. The fourth-order valence-electron chi connectivity index (χ4n) is 6.53. The SMILES string of the molecule is CC1=C[C@@H](/C=C(\C)CCCC2=CCN(CC(=O)O)C2=O)[C@@]2(OC(=O)C(C)=C2O)[C@@H]2[C@@H](C)CC[C@@H]12. The predicted octanol–water partition coefficient (Wildman–Crippen LogP) is 4.32.